The minimum absolute atomic E-state index is 0.304. The summed E-state index contributed by atoms with van der Waals surface area (Å²) in [5.74, 6) is 0.950. The SMILES string of the molecule is CC(C)(C)Cc1cccc(OCc2ccccc2)c1. The molecule has 2 aromatic carbocycles. The number of benzene rings is 2. The van der Waals surface area contributed by atoms with E-state index in [0.717, 1.165) is 12.2 Å². The van der Waals surface area contributed by atoms with Crippen molar-refractivity contribution in [1.82, 2.24) is 0 Å². The van der Waals surface area contributed by atoms with Gasteiger partial charge in [0, 0.05) is 0 Å². The summed E-state index contributed by atoms with van der Waals surface area (Å²) in [6.07, 6.45) is 1.07. The van der Waals surface area contributed by atoms with Crippen molar-refractivity contribution in [1.29, 1.82) is 0 Å². The van der Waals surface area contributed by atoms with Crippen LogP contribution in [-0.2, 0) is 13.0 Å². The summed E-state index contributed by atoms with van der Waals surface area (Å²) >= 11 is 0. The average molecular weight is 254 g/mol. The Kier molecular flexibility index (Phi) is 4.26. The van der Waals surface area contributed by atoms with Crippen LogP contribution < -0.4 is 4.74 Å². The second-order valence-corrected chi connectivity index (χ2v) is 6.16. The molecule has 0 fully saturated rings. The molecule has 0 aromatic heterocycles. The Morgan fingerprint density at radius 3 is 2.21 bits per heavy atom. The van der Waals surface area contributed by atoms with Crippen LogP contribution in [0.4, 0.5) is 0 Å². The molecule has 0 spiro atoms. The first kappa shape index (κ1) is 13.7. The minimum Gasteiger partial charge on any atom is -0.489 e. The molecule has 100 valence electrons. The highest BCUT2D eigenvalue weighted by Gasteiger charge is 2.11. The Morgan fingerprint density at radius 2 is 1.53 bits per heavy atom. The predicted molar refractivity (Wildman–Crippen MR) is 80.4 cm³/mol. The maximum absolute atomic E-state index is 5.85. The van der Waals surface area contributed by atoms with Gasteiger partial charge in [0.05, 0.1) is 0 Å². The fourth-order valence-electron chi connectivity index (χ4n) is 2.10. The van der Waals surface area contributed by atoms with Crippen molar-refractivity contribution in [3.05, 3.63) is 65.7 Å². The monoisotopic (exact) mass is 254 g/mol. The van der Waals surface area contributed by atoms with Crippen LogP contribution in [0.1, 0.15) is 31.9 Å². The second-order valence-electron chi connectivity index (χ2n) is 6.16. The molecule has 0 amide bonds. The average Bonchev–Trinajstić information content (AvgIpc) is 2.36. The van der Waals surface area contributed by atoms with Crippen molar-refractivity contribution in [2.45, 2.75) is 33.8 Å². The van der Waals surface area contributed by atoms with E-state index in [-0.39, 0.29) is 0 Å². The lowest BCUT2D eigenvalue weighted by atomic mass is 9.88. The number of hydrogen-bond donors (Lipinski definition) is 0. The van der Waals surface area contributed by atoms with Crippen LogP contribution in [0.2, 0.25) is 0 Å². The van der Waals surface area contributed by atoms with Crippen molar-refractivity contribution in [2.24, 2.45) is 5.41 Å². The molecular formula is C18H22O. The summed E-state index contributed by atoms with van der Waals surface area (Å²) in [6, 6.07) is 18.7. The summed E-state index contributed by atoms with van der Waals surface area (Å²) in [5, 5.41) is 0. The highest BCUT2D eigenvalue weighted by Crippen LogP contribution is 2.23. The largest absolute Gasteiger partial charge is 0.489 e. The molecule has 0 aliphatic carbocycles. The lowest BCUT2D eigenvalue weighted by Gasteiger charge is -2.18. The van der Waals surface area contributed by atoms with Gasteiger partial charge < -0.3 is 4.74 Å². The Morgan fingerprint density at radius 1 is 0.842 bits per heavy atom. The van der Waals surface area contributed by atoms with Crippen molar-refractivity contribution in [3.63, 3.8) is 0 Å². The van der Waals surface area contributed by atoms with Crippen molar-refractivity contribution < 1.29 is 4.74 Å². The first-order valence-electron chi connectivity index (χ1n) is 6.79. The van der Waals surface area contributed by atoms with Gasteiger partial charge in [-0.15, -0.1) is 0 Å². The molecule has 0 atom stereocenters. The zero-order valence-corrected chi connectivity index (χ0v) is 12.0. The Balaban J connectivity index is 1.99. The van der Waals surface area contributed by atoms with Gasteiger partial charge in [-0.2, -0.15) is 0 Å². The third-order valence-electron chi connectivity index (χ3n) is 2.88. The van der Waals surface area contributed by atoms with Gasteiger partial charge >= 0.3 is 0 Å². The lowest BCUT2D eigenvalue weighted by molar-refractivity contribution is 0.305. The van der Waals surface area contributed by atoms with Gasteiger partial charge in [-0.1, -0.05) is 63.2 Å². The standard InChI is InChI=1S/C18H22O/c1-18(2,3)13-16-10-7-11-17(12-16)19-14-15-8-5-4-6-9-15/h4-12H,13-14H2,1-3H3. The zero-order valence-electron chi connectivity index (χ0n) is 12.0. The van der Waals surface area contributed by atoms with E-state index in [1.807, 2.05) is 24.3 Å². The van der Waals surface area contributed by atoms with Crippen LogP contribution in [-0.4, -0.2) is 0 Å². The molecule has 0 heterocycles. The van der Waals surface area contributed by atoms with Crippen LogP contribution in [0, 0.1) is 5.41 Å². The third kappa shape index (κ3) is 4.78. The van der Waals surface area contributed by atoms with E-state index in [2.05, 4.69) is 51.1 Å². The second kappa shape index (κ2) is 5.92. The molecule has 1 heteroatoms. The quantitative estimate of drug-likeness (QED) is 0.757. The van der Waals surface area contributed by atoms with Gasteiger partial charge in [0.2, 0.25) is 0 Å². The molecule has 0 aliphatic heterocycles. The molecule has 0 saturated carbocycles. The van der Waals surface area contributed by atoms with Gasteiger partial charge in [0.1, 0.15) is 12.4 Å². The van der Waals surface area contributed by atoms with E-state index >= 15 is 0 Å². The predicted octanol–water partition coefficient (Wildman–Crippen LogP) is 4.85. The Hall–Kier alpha value is -1.76. The van der Waals surface area contributed by atoms with E-state index < -0.39 is 0 Å². The summed E-state index contributed by atoms with van der Waals surface area (Å²) in [5.41, 5.74) is 2.83. The molecule has 0 bridgehead atoms. The van der Waals surface area contributed by atoms with E-state index in [0.29, 0.717) is 12.0 Å². The van der Waals surface area contributed by atoms with Crippen LogP contribution in [0.5, 0.6) is 5.75 Å². The van der Waals surface area contributed by atoms with Gasteiger partial charge in [0.25, 0.3) is 0 Å². The van der Waals surface area contributed by atoms with Gasteiger partial charge in [-0.25, -0.2) is 0 Å². The first-order chi connectivity index (χ1) is 9.03. The molecule has 19 heavy (non-hydrogen) atoms. The highest BCUT2D eigenvalue weighted by molar-refractivity contribution is 5.29. The zero-order chi connectivity index (χ0) is 13.7. The fourth-order valence-corrected chi connectivity index (χ4v) is 2.10. The van der Waals surface area contributed by atoms with E-state index in [9.17, 15) is 0 Å². The van der Waals surface area contributed by atoms with E-state index in [1.165, 1.54) is 11.1 Å². The lowest BCUT2D eigenvalue weighted by Crippen LogP contribution is -2.09. The first-order valence-corrected chi connectivity index (χ1v) is 6.79. The molecule has 0 N–H and O–H groups in total. The topological polar surface area (TPSA) is 9.23 Å². The van der Waals surface area contributed by atoms with E-state index in [4.69, 9.17) is 4.74 Å². The fraction of sp³-hybridized carbons (Fsp3) is 0.333. The van der Waals surface area contributed by atoms with Crippen LogP contribution >= 0.6 is 0 Å². The maximum Gasteiger partial charge on any atom is 0.120 e. The van der Waals surface area contributed by atoms with Crippen molar-refractivity contribution in [3.8, 4) is 5.75 Å². The van der Waals surface area contributed by atoms with Crippen LogP contribution in [0.15, 0.2) is 54.6 Å². The number of hydrogen-bond acceptors (Lipinski definition) is 1. The molecule has 2 aromatic rings. The van der Waals surface area contributed by atoms with Crippen molar-refractivity contribution in [2.75, 3.05) is 0 Å². The Labute approximate surface area is 116 Å². The smallest absolute Gasteiger partial charge is 0.120 e. The molecular weight excluding hydrogens is 232 g/mol. The maximum atomic E-state index is 5.85. The van der Waals surface area contributed by atoms with Crippen LogP contribution in [0.25, 0.3) is 0 Å². The molecule has 0 unspecified atom stereocenters. The molecule has 1 nitrogen and oxygen atoms in total. The number of ether oxygens (including phenoxy) is 1. The minimum atomic E-state index is 0.304. The number of rotatable bonds is 4. The molecule has 2 rings (SSSR count). The normalized spacial score (nSPS) is 11.3. The summed E-state index contributed by atoms with van der Waals surface area (Å²) < 4.78 is 5.85. The third-order valence-corrected chi connectivity index (χ3v) is 2.88. The van der Waals surface area contributed by atoms with Crippen LogP contribution in [0.3, 0.4) is 0 Å². The summed E-state index contributed by atoms with van der Waals surface area (Å²) in [4.78, 5) is 0. The molecule has 0 radical (unpaired) electrons. The highest BCUT2D eigenvalue weighted by atomic mass is 16.5. The summed E-state index contributed by atoms with van der Waals surface area (Å²) in [7, 11) is 0. The van der Waals surface area contributed by atoms with E-state index in [1.54, 1.807) is 0 Å². The van der Waals surface area contributed by atoms with Crippen molar-refractivity contribution >= 4 is 0 Å². The molecule has 0 aliphatic rings. The van der Waals surface area contributed by atoms with Gasteiger partial charge in [-0.3, -0.25) is 0 Å². The Bertz CT molecular complexity index is 509. The van der Waals surface area contributed by atoms with Gasteiger partial charge in [-0.05, 0) is 35.1 Å². The molecule has 0 saturated heterocycles. The summed E-state index contributed by atoms with van der Waals surface area (Å²) in [6.45, 7) is 7.39. The van der Waals surface area contributed by atoms with Gasteiger partial charge in [0.15, 0.2) is 0 Å².